The van der Waals surface area contributed by atoms with Crippen molar-refractivity contribution < 1.29 is 4.39 Å². The zero-order chi connectivity index (χ0) is 18.5. The van der Waals surface area contributed by atoms with Crippen LogP contribution in [0.4, 0.5) is 10.2 Å². The molecule has 0 aliphatic carbocycles. The summed E-state index contributed by atoms with van der Waals surface area (Å²) in [5.41, 5.74) is 5.82. The van der Waals surface area contributed by atoms with E-state index >= 15 is 0 Å². The average Bonchev–Trinajstić information content (AvgIpc) is 3.00. The van der Waals surface area contributed by atoms with Crippen LogP contribution in [0.15, 0.2) is 29.1 Å². The molecule has 0 radical (unpaired) electrons. The van der Waals surface area contributed by atoms with Gasteiger partial charge in [0, 0.05) is 24.7 Å². The molecule has 0 bridgehead atoms. The van der Waals surface area contributed by atoms with Crippen molar-refractivity contribution in [1.29, 1.82) is 0 Å². The second-order valence-electron chi connectivity index (χ2n) is 6.90. The van der Waals surface area contributed by atoms with Gasteiger partial charge in [0.2, 0.25) is 5.78 Å². The lowest BCUT2D eigenvalue weighted by atomic mass is 9.91. The highest BCUT2D eigenvalue weighted by atomic mass is 35.5. The molecule has 27 heavy (non-hydrogen) atoms. The number of benzene rings is 1. The van der Waals surface area contributed by atoms with Crippen molar-refractivity contribution >= 4 is 35.6 Å². The van der Waals surface area contributed by atoms with E-state index in [1.807, 2.05) is 11.8 Å². The molecule has 0 atom stereocenters. The first-order chi connectivity index (χ1) is 12.4. The van der Waals surface area contributed by atoms with Crippen LogP contribution in [-0.2, 0) is 0 Å². The number of nitrogens with one attached hydrogen (secondary N) is 1. The molecular formula is C17H19Cl2FN6O. The summed E-state index contributed by atoms with van der Waals surface area (Å²) in [5, 5.41) is 6.90. The number of nitrogens with zero attached hydrogens (tertiary/aromatic N) is 4. The van der Waals surface area contributed by atoms with Gasteiger partial charge in [-0.25, -0.2) is 13.9 Å². The lowest BCUT2D eigenvalue weighted by molar-refractivity contribution is 0.362. The zero-order valence-corrected chi connectivity index (χ0v) is 16.1. The van der Waals surface area contributed by atoms with Gasteiger partial charge in [-0.15, -0.1) is 12.4 Å². The monoisotopic (exact) mass is 412 g/mol. The van der Waals surface area contributed by atoms with E-state index in [1.54, 1.807) is 16.5 Å². The third-order valence-electron chi connectivity index (χ3n) is 4.81. The van der Waals surface area contributed by atoms with Gasteiger partial charge in [-0.3, -0.25) is 4.79 Å². The highest BCUT2D eigenvalue weighted by molar-refractivity contribution is 6.31. The van der Waals surface area contributed by atoms with Crippen LogP contribution in [0.3, 0.4) is 0 Å². The van der Waals surface area contributed by atoms with Gasteiger partial charge in [0.1, 0.15) is 5.82 Å². The highest BCUT2D eigenvalue weighted by Gasteiger charge is 2.28. The fourth-order valence-electron chi connectivity index (χ4n) is 3.24. The Morgan fingerprint density at radius 3 is 2.74 bits per heavy atom. The van der Waals surface area contributed by atoms with Crippen LogP contribution < -0.4 is 16.2 Å². The number of nitrogens with two attached hydrogens (primary N) is 1. The molecule has 10 heteroatoms. The van der Waals surface area contributed by atoms with Gasteiger partial charge in [-0.1, -0.05) is 17.7 Å². The van der Waals surface area contributed by atoms with E-state index in [4.69, 9.17) is 17.3 Å². The number of hydrogen-bond donors (Lipinski definition) is 2. The van der Waals surface area contributed by atoms with Gasteiger partial charge in [0.05, 0.1) is 10.6 Å². The Kier molecular flexibility index (Phi) is 5.16. The first-order valence-corrected chi connectivity index (χ1v) is 8.70. The largest absolute Gasteiger partial charge is 0.357 e. The summed E-state index contributed by atoms with van der Waals surface area (Å²) < 4.78 is 16.2. The molecule has 1 aromatic carbocycles. The first-order valence-electron chi connectivity index (χ1n) is 8.32. The second-order valence-corrected chi connectivity index (χ2v) is 7.31. The third-order valence-corrected chi connectivity index (χ3v) is 5.10. The van der Waals surface area contributed by atoms with Crippen molar-refractivity contribution in [2.24, 2.45) is 5.73 Å². The minimum Gasteiger partial charge on any atom is -0.357 e. The van der Waals surface area contributed by atoms with Crippen LogP contribution in [0.5, 0.6) is 0 Å². The van der Waals surface area contributed by atoms with Crippen LogP contribution >= 0.6 is 24.0 Å². The van der Waals surface area contributed by atoms with Gasteiger partial charge < -0.3 is 10.6 Å². The fraction of sp³-hybridized carbons (Fsp3) is 0.353. The fourth-order valence-corrected chi connectivity index (χ4v) is 3.42. The number of piperidine rings is 1. The summed E-state index contributed by atoms with van der Waals surface area (Å²) in [6, 6.07) is 6.15. The standard InChI is InChI=1S/C17H18ClFN6O.ClH/c1-17(20)5-7-24(8-6-17)13-9-12(26)21-16-23-22-15(25(13)16)10-3-2-4-11(18)14(10)19;/h2-4,9H,5-8,20H2,1H3,(H,21,23,26);1H. The molecule has 2 aromatic heterocycles. The van der Waals surface area contributed by atoms with Crippen LogP contribution in [0.25, 0.3) is 17.2 Å². The maximum atomic E-state index is 14.5. The van der Waals surface area contributed by atoms with E-state index in [1.165, 1.54) is 12.1 Å². The van der Waals surface area contributed by atoms with E-state index in [0.717, 1.165) is 12.8 Å². The Balaban J connectivity index is 0.00000210. The van der Waals surface area contributed by atoms with Gasteiger partial charge in [-0.2, -0.15) is 10.1 Å². The number of anilines is 1. The van der Waals surface area contributed by atoms with Crippen molar-refractivity contribution in [2.75, 3.05) is 18.0 Å². The maximum Gasteiger partial charge on any atom is 0.276 e. The average molecular weight is 413 g/mol. The molecule has 1 aliphatic heterocycles. The van der Waals surface area contributed by atoms with Gasteiger partial charge >= 0.3 is 0 Å². The molecule has 0 spiro atoms. The van der Waals surface area contributed by atoms with Crippen LogP contribution in [0, 0.1) is 5.82 Å². The Labute approximate surface area is 165 Å². The SMILES string of the molecule is CC1(N)CCN(c2cc(=O)nc3[nH]nc(-c4cccc(Cl)c4F)n23)CC1.Cl. The van der Waals surface area contributed by atoms with Crippen LogP contribution in [0.1, 0.15) is 19.8 Å². The Morgan fingerprint density at radius 2 is 2.04 bits per heavy atom. The molecule has 1 saturated heterocycles. The van der Waals surface area contributed by atoms with Crippen molar-refractivity contribution in [2.45, 2.75) is 25.3 Å². The molecule has 3 aromatic rings. The molecule has 0 unspecified atom stereocenters. The highest BCUT2D eigenvalue weighted by Crippen LogP contribution is 2.30. The quantitative estimate of drug-likeness (QED) is 0.674. The number of halogens is 3. The summed E-state index contributed by atoms with van der Waals surface area (Å²) in [7, 11) is 0. The van der Waals surface area contributed by atoms with Crippen molar-refractivity contribution in [3.8, 4) is 11.4 Å². The summed E-state index contributed by atoms with van der Waals surface area (Å²) in [4.78, 5) is 18.0. The maximum absolute atomic E-state index is 14.5. The number of fused-ring (bicyclic) bond motifs is 1. The van der Waals surface area contributed by atoms with Gasteiger partial charge in [0.25, 0.3) is 5.56 Å². The normalized spacial score (nSPS) is 16.4. The van der Waals surface area contributed by atoms with Crippen LogP contribution in [0.2, 0.25) is 5.02 Å². The molecule has 144 valence electrons. The second kappa shape index (κ2) is 7.10. The van der Waals surface area contributed by atoms with E-state index < -0.39 is 5.82 Å². The summed E-state index contributed by atoms with van der Waals surface area (Å²) in [6.45, 7) is 3.38. The molecule has 7 nitrogen and oxygen atoms in total. The predicted octanol–water partition coefficient (Wildman–Crippen LogP) is 2.62. The molecule has 0 saturated carbocycles. The lowest BCUT2D eigenvalue weighted by Crippen LogP contribution is -2.48. The van der Waals surface area contributed by atoms with Crippen molar-refractivity contribution in [3.63, 3.8) is 0 Å². The van der Waals surface area contributed by atoms with E-state index in [2.05, 4.69) is 15.2 Å². The van der Waals surface area contributed by atoms with E-state index in [9.17, 15) is 9.18 Å². The lowest BCUT2D eigenvalue weighted by Gasteiger charge is -2.38. The number of H-pyrrole nitrogens is 1. The van der Waals surface area contributed by atoms with Crippen molar-refractivity contribution in [1.82, 2.24) is 19.6 Å². The minimum absolute atomic E-state index is 0. The molecule has 4 rings (SSSR count). The van der Waals surface area contributed by atoms with Gasteiger partial charge in [0.15, 0.2) is 11.6 Å². The number of aromatic nitrogens is 4. The smallest absolute Gasteiger partial charge is 0.276 e. The number of hydrogen-bond acceptors (Lipinski definition) is 5. The Morgan fingerprint density at radius 1 is 1.33 bits per heavy atom. The molecule has 1 aliphatic rings. The molecule has 0 amide bonds. The number of rotatable bonds is 2. The van der Waals surface area contributed by atoms with Gasteiger partial charge in [-0.05, 0) is 31.9 Å². The predicted molar refractivity (Wildman–Crippen MR) is 105 cm³/mol. The first kappa shape index (κ1) is 19.6. The van der Waals surface area contributed by atoms with Crippen molar-refractivity contribution in [3.05, 3.63) is 45.5 Å². The summed E-state index contributed by atoms with van der Waals surface area (Å²) >= 11 is 5.91. The topological polar surface area (TPSA) is 92.3 Å². The van der Waals surface area contributed by atoms with E-state index in [-0.39, 0.29) is 39.9 Å². The summed E-state index contributed by atoms with van der Waals surface area (Å²) in [5.74, 6) is 0.602. The summed E-state index contributed by atoms with van der Waals surface area (Å²) in [6.07, 6.45) is 1.56. The third kappa shape index (κ3) is 3.52. The molecule has 3 heterocycles. The van der Waals surface area contributed by atoms with Crippen LogP contribution in [-0.4, -0.2) is 38.2 Å². The Hall–Kier alpha value is -2.16. The molecular weight excluding hydrogens is 394 g/mol. The number of aromatic amines is 1. The van der Waals surface area contributed by atoms with E-state index in [0.29, 0.717) is 24.7 Å². The Bertz CT molecular complexity index is 1040. The zero-order valence-electron chi connectivity index (χ0n) is 14.6. The molecule has 1 fully saturated rings. The molecule has 3 N–H and O–H groups in total. The minimum atomic E-state index is -0.569.